The molecule has 0 radical (unpaired) electrons. The summed E-state index contributed by atoms with van der Waals surface area (Å²) in [5.74, 6) is -25.9. The second kappa shape index (κ2) is 40.1. The third-order valence-corrected chi connectivity index (χ3v) is 19.4. The highest BCUT2D eigenvalue weighted by Crippen LogP contribution is 2.54. The zero-order valence-corrected chi connectivity index (χ0v) is 63.8. The van der Waals surface area contributed by atoms with E-state index in [4.69, 9.17) is 29.4 Å². The van der Waals surface area contributed by atoms with Crippen LogP contribution in [0, 0.1) is 42.4 Å². The lowest BCUT2D eigenvalue weighted by atomic mass is 9.78. The highest BCUT2D eigenvalue weighted by atomic mass is 16.7. The van der Waals surface area contributed by atoms with Gasteiger partial charge in [-0.2, -0.15) is 0 Å². The molecule has 20 atom stereocenters. The fourth-order valence-electron chi connectivity index (χ4n) is 12.4. The van der Waals surface area contributed by atoms with Crippen LogP contribution in [0.25, 0.3) is 10.8 Å². The lowest BCUT2D eigenvalue weighted by Gasteiger charge is -2.38. The average Bonchev–Trinajstić information content (AvgIpc) is 1.59. The van der Waals surface area contributed by atoms with Gasteiger partial charge in [-0.15, -0.1) is 0 Å². The lowest BCUT2D eigenvalue weighted by molar-refractivity contribution is -0.160. The van der Waals surface area contributed by atoms with Crippen LogP contribution < -0.4 is 68.4 Å². The zero-order valence-electron chi connectivity index (χ0n) is 63.8. The van der Waals surface area contributed by atoms with Crippen LogP contribution in [0.1, 0.15) is 105 Å². The van der Waals surface area contributed by atoms with Crippen LogP contribution in [-0.4, -0.2) is 266 Å². The summed E-state index contributed by atoms with van der Waals surface area (Å²) in [5.41, 5.74) is 4.44. The molecule has 21 N–H and O–H groups in total. The quantitative estimate of drug-likeness (QED) is 0.0271. The second-order valence-electron chi connectivity index (χ2n) is 28.2. The van der Waals surface area contributed by atoms with Gasteiger partial charge < -0.3 is 129 Å². The number of aliphatic hydroxyl groups excluding tert-OH is 7. The normalized spacial score (nSPS) is 29.5. The van der Waals surface area contributed by atoms with Crippen molar-refractivity contribution in [3.8, 4) is 23.0 Å². The molecular weight excluding hydrogens is 1470 g/mol. The van der Waals surface area contributed by atoms with Crippen LogP contribution >= 0.6 is 0 Å². The first-order valence-electron chi connectivity index (χ1n) is 35.6. The summed E-state index contributed by atoms with van der Waals surface area (Å²) in [6.07, 6.45) is -7.53. The fraction of sp³-hybridized carbons (Fsp3) is 0.583. The van der Waals surface area contributed by atoms with E-state index in [9.17, 15) is 113 Å². The molecule has 1 saturated heterocycles. The molecule has 4 heterocycles. The van der Waals surface area contributed by atoms with Crippen molar-refractivity contribution in [1.82, 2.24) is 47.9 Å². The summed E-state index contributed by atoms with van der Waals surface area (Å²) in [4.78, 5) is 190. The standard InChI is InChI=1S/C72H103N11O28/c1-28(2)39-22-43(88)42(26-84)80-67(102)41(79-70(105)52(37(11)86)81-68(103)44(89)25-77-69(104)51(36(10)85)82-71(106)53(83-66(39)101)58(95)59(96)63(73)98)24-76-65(100)35(9)74-19-20-75-47(90)27-108-46-23-40-57(94)49-48(46)50-61(34(8)56(49)93)111-72(13,62(50)97)109-21-18-45(107-14)31(5)60(110-38(12)87)33(7)55(92)32(6)54(91)29(3)16-15-17-30(4)64(99)78-40/h15-18,21,23,28-29,31-33,35-36,39,41-42,44-45,51-55,58-60,74,84-85,89,91-96H,19-20,22,24-27H2,1-14H3,(H2,73,98)(H,75,90)(H,76,100)(H,77,104)(H,78,99)(H,79,105)(H,80,102)(H,81,103)(H,82,106)(H,83,101)/b16-15+,21-18+,30-17-/t29-,31+,32+,33+,35?,36?,39?,41?,42?,44?,45-,51?,52?,53?,54-,55+,58?,59?,60+,72-/m0/s1. The fourth-order valence-corrected chi connectivity index (χ4v) is 12.4. The van der Waals surface area contributed by atoms with E-state index in [1.165, 1.54) is 73.8 Å². The SMILES string of the molecule is CO[C@H]1/C=C/O[C@@]2(C)Oc3c(C)c(O)c4c(O)c(cc(OCC(=O)NCCNC(C)C(=O)NCC5NC(=O)C(C(C)=O)NC(=O)C(O)CNC(=O)C(C(C)O)NC(=O)C(C(O)C(O)C(N)=O)NC(=O)C(C(C)C)CC(=O)C(CO)NC5=O)c4c3C2=O)NC(=O)/C(C)=C\C=C\[C@H](C)[C@H](O)[C@@H](C)[C@@H](O)[C@@H](C)[C@H](OC(C)=O)[C@@H]1C. The molecule has 2 aromatic rings. The Morgan fingerprint density at radius 1 is 0.748 bits per heavy atom. The van der Waals surface area contributed by atoms with Gasteiger partial charge in [-0.3, -0.25) is 67.1 Å². The Balaban J connectivity index is 1.41. The van der Waals surface area contributed by atoms with Crippen LogP contribution in [-0.2, 0) is 76.5 Å². The number of amides is 10. The first-order valence-corrected chi connectivity index (χ1v) is 35.6. The molecule has 10 amide bonds. The van der Waals surface area contributed by atoms with Crippen LogP contribution in [0.2, 0.25) is 0 Å². The molecule has 1 fully saturated rings. The molecule has 4 aliphatic heterocycles. The highest BCUT2D eigenvalue weighted by Gasteiger charge is 2.50. The number of carbonyl (C=O) groups excluding carboxylic acids is 14. The van der Waals surface area contributed by atoms with Crippen molar-refractivity contribution in [2.75, 3.05) is 51.8 Å². The van der Waals surface area contributed by atoms with Crippen molar-refractivity contribution in [1.29, 1.82) is 0 Å². The number of hydrogen-bond donors (Lipinski definition) is 20. The number of carbonyl (C=O) groups is 14. The van der Waals surface area contributed by atoms with Gasteiger partial charge in [0.15, 0.2) is 36.1 Å². The van der Waals surface area contributed by atoms with E-state index in [1.807, 2.05) is 16.0 Å². The van der Waals surface area contributed by atoms with Gasteiger partial charge in [0.25, 0.3) is 29.4 Å². The first kappa shape index (κ1) is 91.4. The number of hydrogen-bond acceptors (Lipinski definition) is 29. The van der Waals surface area contributed by atoms with Crippen LogP contribution in [0.4, 0.5) is 5.69 Å². The van der Waals surface area contributed by atoms with E-state index >= 15 is 0 Å². The van der Waals surface area contributed by atoms with Crippen molar-refractivity contribution in [3.05, 3.63) is 53.3 Å². The van der Waals surface area contributed by atoms with Gasteiger partial charge in [-0.05, 0) is 46.6 Å². The summed E-state index contributed by atoms with van der Waals surface area (Å²) < 4.78 is 29.8. The largest absolute Gasteiger partial charge is 0.507 e. The molecular formula is C72H103N11O28. The maximum absolute atomic E-state index is 14.9. The Labute approximate surface area is 637 Å². The second-order valence-corrected chi connectivity index (χ2v) is 28.2. The Morgan fingerprint density at radius 2 is 1.39 bits per heavy atom. The number of methoxy groups -OCH3 is 1. The molecule has 2 aromatic carbocycles. The number of nitrogens with two attached hydrogens (primary N) is 1. The molecule has 614 valence electrons. The number of esters is 1. The van der Waals surface area contributed by atoms with E-state index in [-0.39, 0.29) is 52.4 Å². The van der Waals surface area contributed by atoms with E-state index in [0.29, 0.717) is 0 Å². The van der Waals surface area contributed by atoms with E-state index in [2.05, 4.69) is 37.2 Å². The summed E-state index contributed by atoms with van der Waals surface area (Å²) >= 11 is 0. The van der Waals surface area contributed by atoms with E-state index in [0.717, 1.165) is 26.2 Å². The number of benzene rings is 2. The summed E-state index contributed by atoms with van der Waals surface area (Å²) in [6, 6.07) is -10.8. The van der Waals surface area contributed by atoms with Crippen LogP contribution in [0.15, 0.2) is 42.2 Å². The first-order chi connectivity index (χ1) is 51.8. The molecule has 4 aliphatic rings. The number of primary amides is 1. The van der Waals surface area contributed by atoms with Crippen molar-refractivity contribution in [2.24, 2.45) is 41.2 Å². The van der Waals surface area contributed by atoms with Crippen molar-refractivity contribution in [3.63, 3.8) is 0 Å². The molecule has 39 nitrogen and oxygen atoms in total. The van der Waals surface area contributed by atoms with Gasteiger partial charge in [-0.1, -0.05) is 59.8 Å². The topological polar surface area (TPSA) is 614 Å². The minimum atomic E-state index is -2.57. The molecule has 0 aromatic heterocycles. The van der Waals surface area contributed by atoms with Gasteiger partial charge >= 0.3 is 11.8 Å². The molecule has 0 saturated carbocycles. The minimum absolute atomic E-state index is 0.0453. The third-order valence-electron chi connectivity index (χ3n) is 19.4. The molecule has 111 heavy (non-hydrogen) atoms. The maximum Gasteiger partial charge on any atom is 0.312 e. The number of ether oxygens (including phenoxy) is 5. The molecule has 5 bridgehead atoms. The number of β-amino-alcohol motifs (C(OH)–C–C–N with tert-alkyl or cyclic N) is 1. The number of anilines is 1. The average molecular weight is 1570 g/mol. The number of fused-ring (bicyclic) bond motifs is 14. The van der Waals surface area contributed by atoms with Gasteiger partial charge in [0, 0.05) is 99.2 Å². The highest BCUT2D eigenvalue weighted by molar-refractivity contribution is 6.22. The molecule has 0 aliphatic carbocycles. The smallest absolute Gasteiger partial charge is 0.312 e. The van der Waals surface area contributed by atoms with Gasteiger partial charge in [-0.25, -0.2) is 0 Å². The minimum Gasteiger partial charge on any atom is -0.507 e. The van der Waals surface area contributed by atoms with Crippen molar-refractivity contribution >= 4 is 98.9 Å². The Morgan fingerprint density at radius 3 is 1.98 bits per heavy atom. The molecule has 39 heteroatoms. The van der Waals surface area contributed by atoms with Crippen molar-refractivity contribution in [2.45, 2.75) is 187 Å². The molecule has 6 rings (SSSR count). The van der Waals surface area contributed by atoms with Crippen LogP contribution in [0.5, 0.6) is 23.0 Å². The number of rotatable bonds is 19. The molecule has 0 spiro atoms. The predicted octanol–water partition coefficient (Wildman–Crippen LogP) is -5.05. The Hall–Kier alpha value is -10.3. The Bertz CT molecular complexity index is 3940. The van der Waals surface area contributed by atoms with E-state index < -0.39 is 258 Å². The summed E-state index contributed by atoms with van der Waals surface area (Å²) in [5, 5.41) is 122. The number of aromatic hydroxyl groups is 2. The Kier molecular flexibility index (Phi) is 33.0. The lowest BCUT2D eigenvalue weighted by Crippen LogP contribution is -2.64. The number of aliphatic hydroxyl groups is 7. The maximum atomic E-state index is 14.9. The number of allylic oxidation sites excluding steroid dienone is 2. The number of Topliss-reactive ketones (excluding diaryl/α,β-unsaturated/α-hetero) is 3. The number of ketones is 3. The van der Waals surface area contributed by atoms with E-state index in [1.54, 1.807) is 33.8 Å². The van der Waals surface area contributed by atoms with Gasteiger partial charge in [0.2, 0.25) is 35.4 Å². The zero-order chi connectivity index (χ0) is 83.7. The molecule has 11 unspecified atom stereocenters. The van der Waals surface area contributed by atoms with Gasteiger partial charge in [0.05, 0.1) is 66.5 Å². The number of phenols is 2. The summed E-state index contributed by atoms with van der Waals surface area (Å²) in [6.45, 7) is 13.4. The number of phenolic OH excluding ortho intramolecular Hbond substituents is 2. The number of nitrogens with one attached hydrogen (secondary N) is 10. The van der Waals surface area contributed by atoms with Crippen LogP contribution in [0.3, 0.4) is 0 Å². The van der Waals surface area contributed by atoms with Gasteiger partial charge in [0.1, 0.15) is 59.7 Å². The van der Waals surface area contributed by atoms with Crippen molar-refractivity contribution < 1.29 is 137 Å². The predicted molar refractivity (Wildman–Crippen MR) is 388 cm³/mol. The third kappa shape index (κ3) is 23.0. The summed E-state index contributed by atoms with van der Waals surface area (Å²) in [7, 11) is 1.36. The monoisotopic (exact) mass is 1570 g/mol.